The topological polar surface area (TPSA) is 120 Å². The number of rotatable bonds is 4. The Hall–Kier alpha value is -1.22. The first-order valence-corrected chi connectivity index (χ1v) is 6.23. The lowest BCUT2D eigenvalue weighted by Crippen LogP contribution is -2.60. The van der Waals surface area contributed by atoms with E-state index in [1.807, 2.05) is 0 Å². The predicted molar refractivity (Wildman–Crippen MR) is 66.8 cm³/mol. The lowest BCUT2D eigenvalue weighted by molar-refractivity contribution is -0.277. The summed E-state index contributed by atoms with van der Waals surface area (Å²) in [5.74, 6) is 0.367. The highest BCUT2D eigenvalue weighted by molar-refractivity contribution is 5.27. The van der Waals surface area contributed by atoms with Gasteiger partial charge >= 0.3 is 0 Å². The third-order valence-corrected chi connectivity index (χ3v) is 3.21. The molecule has 0 saturated carbocycles. The largest absolute Gasteiger partial charge is 0.462 e. The first-order valence-electron chi connectivity index (χ1n) is 6.23. The summed E-state index contributed by atoms with van der Waals surface area (Å²) in [6.45, 7) is -0.603. The number of ether oxygens (including phenoxy) is 2. The van der Waals surface area contributed by atoms with Crippen molar-refractivity contribution < 1.29 is 35.0 Å². The van der Waals surface area contributed by atoms with E-state index in [0.29, 0.717) is 11.3 Å². The van der Waals surface area contributed by atoms with E-state index < -0.39 is 37.3 Å². The van der Waals surface area contributed by atoms with Crippen LogP contribution in [-0.2, 0) is 11.3 Å². The quantitative estimate of drug-likeness (QED) is 0.450. The summed E-state index contributed by atoms with van der Waals surface area (Å²) < 4.78 is 10.6. The van der Waals surface area contributed by atoms with Crippen molar-refractivity contribution in [3.05, 3.63) is 29.8 Å². The van der Waals surface area contributed by atoms with E-state index >= 15 is 0 Å². The van der Waals surface area contributed by atoms with Crippen LogP contribution in [0.4, 0.5) is 0 Å². The predicted octanol–water partition coefficient (Wildman–Crippen LogP) is -1.64. The molecule has 0 bridgehead atoms. The Bertz CT molecular complexity index is 419. The molecule has 1 aromatic carbocycles. The highest BCUT2D eigenvalue weighted by Gasteiger charge is 2.44. The molecule has 1 heterocycles. The van der Waals surface area contributed by atoms with E-state index in [4.69, 9.17) is 19.7 Å². The van der Waals surface area contributed by atoms with E-state index in [-0.39, 0.29) is 6.61 Å². The zero-order chi connectivity index (χ0) is 14.7. The molecule has 0 aliphatic carbocycles. The van der Waals surface area contributed by atoms with Crippen LogP contribution in [0.25, 0.3) is 0 Å². The second kappa shape index (κ2) is 6.49. The van der Waals surface area contributed by atoms with Crippen molar-refractivity contribution >= 4 is 0 Å². The standard InChI is InChI=1S/C13H18O7/c14-5-7-1-3-8(4-2-7)19-13-12(18)11(17)10(16)9(6-15)20-13/h1-4,9-18H,5-6H2/t9-,10-,11+,12+,13-/m1/s1. The highest BCUT2D eigenvalue weighted by Crippen LogP contribution is 2.24. The van der Waals surface area contributed by atoms with Gasteiger partial charge in [-0.3, -0.25) is 0 Å². The van der Waals surface area contributed by atoms with E-state index in [1.54, 1.807) is 24.3 Å². The Morgan fingerprint density at radius 2 is 1.60 bits per heavy atom. The van der Waals surface area contributed by atoms with Crippen LogP contribution in [0.3, 0.4) is 0 Å². The maximum absolute atomic E-state index is 9.80. The molecule has 0 spiro atoms. The van der Waals surface area contributed by atoms with E-state index in [0.717, 1.165) is 0 Å². The second-order valence-corrected chi connectivity index (χ2v) is 4.62. The molecule has 0 unspecified atom stereocenters. The third kappa shape index (κ3) is 3.09. The average molecular weight is 286 g/mol. The summed E-state index contributed by atoms with van der Waals surface area (Å²) >= 11 is 0. The normalized spacial score (nSPS) is 34.0. The average Bonchev–Trinajstić information content (AvgIpc) is 2.48. The van der Waals surface area contributed by atoms with E-state index in [2.05, 4.69) is 0 Å². The van der Waals surface area contributed by atoms with Gasteiger partial charge in [0.1, 0.15) is 30.2 Å². The van der Waals surface area contributed by atoms with Crippen molar-refractivity contribution in [2.45, 2.75) is 37.3 Å². The van der Waals surface area contributed by atoms with Crippen LogP contribution in [-0.4, -0.2) is 62.8 Å². The minimum absolute atomic E-state index is 0.0969. The monoisotopic (exact) mass is 286 g/mol. The molecule has 20 heavy (non-hydrogen) atoms. The lowest BCUT2D eigenvalue weighted by Gasteiger charge is -2.39. The first kappa shape index (κ1) is 15.2. The maximum Gasteiger partial charge on any atom is 0.229 e. The van der Waals surface area contributed by atoms with Crippen molar-refractivity contribution in [1.29, 1.82) is 0 Å². The maximum atomic E-state index is 9.80. The van der Waals surface area contributed by atoms with Gasteiger partial charge in [-0.15, -0.1) is 0 Å². The Labute approximate surface area is 115 Å². The Morgan fingerprint density at radius 3 is 2.15 bits per heavy atom. The summed E-state index contributed by atoms with van der Waals surface area (Å²) in [5.41, 5.74) is 0.700. The van der Waals surface area contributed by atoms with Gasteiger partial charge in [0.05, 0.1) is 13.2 Å². The van der Waals surface area contributed by atoms with Gasteiger partial charge in [0, 0.05) is 0 Å². The Morgan fingerprint density at radius 1 is 0.950 bits per heavy atom. The van der Waals surface area contributed by atoms with Gasteiger partial charge in [-0.2, -0.15) is 0 Å². The zero-order valence-electron chi connectivity index (χ0n) is 10.7. The second-order valence-electron chi connectivity index (χ2n) is 4.62. The minimum Gasteiger partial charge on any atom is -0.462 e. The fourth-order valence-electron chi connectivity index (χ4n) is 1.97. The van der Waals surface area contributed by atoms with Gasteiger partial charge in [-0.05, 0) is 17.7 Å². The van der Waals surface area contributed by atoms with Crippen LogP contribution in [0.2, 0.25) is 0 Å². The molecular weight excluding hydrogens is 268 g/mol. The number of hydrogen-bond donors (Lipinski definition) is 5. The molecule has 1 aliphatic heterocycles. The lowest BCUT2D eigenvalue weighted by atomic mass is 9.99. The van der Waals surface area contributed by atoms with Gasteiger partial charge in [0.2, 0.25) is 6.29 Å². The van der Waals surface area contributed by atoms with Crippen molar-refractivity contribution in [3.63, 3.8) is 0 Å². The van der Waals surface area contributed by atoms with Crippen molar-refractivity contribution in [3.8, 4) is 5.75 Å². The summed E-state index contributed by atoms with van der Waals surface area (Å²) in [7, 11) is 0. The third-order valence-electron chi connectivity index (χ3n) is 3.21. The molecular formula is C13H18O7. The van der Waals surface area contributed by atoms with Gasteiger partial charge in [-0.1, -0.05) is 12.1 Å². The highest BCUT2D eigenvalue weighted by atomic mass is 16.7. The summed E-state index contributed by atoms with van der Waals surface area (Å²) in [6.07, 6.45) is -6.53. The van der Waals surface area contributed by atoms with E-state index in [9.17, 15) is 15.3 Å². The van der Waals surface area contributed by atoms with Gasteiger partial charge < -0.3 is 35.0 Å². The summed E-state index contributed by atoms with van der Waals surface area (Å²) in [4.78, 5) is 0. The fourth-order valence-corrected chi connectivity index (χ4v) is 1.97. The van der Waals surface area contributed by atoms with Crippen LogP contribution in [0.15, 0.2) is 24.3 Å². The van der Waals surface area contributed by atoms with Crippen LogP contribution in [0.1, 0.15) is 5.56 Å². The molecule has 1 saturated heterocycles. The number of aliphatic hydroxyl groups is 5. The Kier molecular flexibility index (Phi) is 4.92. The summed E-state index contributed by atoms with van der Waals surface area (Å²) in [6, 6.07) is 6.43. The molecule has 0 radical (unpaired) electrons. The molecule has 5 N–H and O–H groups in total. The van der Waals surface area contributed by atoms with E-state index in [1.165, 1.54) is 0 Å². The van der Waals surface area contributed by atoms with Crippen LogP contribution >= 0.6 is 0 Å². The van der Waals surface area contributed by atoms with Crippen molar-refractivity contribution in [1.82, 2.24) is 0 Å². The molecule has 1 aliphatic rings. The van der Waals surface area contributed by atoms with Crippen molar-refractivity contribution in [2.75, 3.05) is 6.61 Å². The summed E-state index contributed by atoms with van der Waals surface area (Å²) in [5, 5.41) is 47.0. The molecule has 112 valence electrons. The molecule has 1 fully saturated rings. The van der Waals surface area contributed by atoms with Crippen molar-refractivity contribution in [2.24, 2.45) is 0 Å². The number of benzene rings is 1. The molecule has 5 atom stereocenters. The first-order chi connectivity index (χ1) is 9.56. The molecule has 2 rings (SSSR count). The number of hydrogen-bond acceptors (Lipinski definition) is 7. The molecule has 1 aromatic rings. The molecule has 0 aromatic heterocycles. The van der Waals surface area contributed by atoms with Crippen LogP contribution in [0, 0.1) is 0 Å². The number of aliphatic hydroxyl groups excluding tert-OH is 5. The van der Waals surface area contributed by atoms with Gasteiger partial charge in [0.15, 0.2) is 0 Å². The minimum atomic E-state index is -1.47. The molecule has 7 heteroatoms. The zero-order valence-corrected chi connectivity index (χ0v) is 10.7. The molecule has 7 nitrogen and oxygen atoms in total. The van der Waals surface area contributed by atoms with Gasteiger partial charge in [0.25, 0.3) is 0 Å². The van der Waals surface area contributed by atoms with Gasteiger partial charge in [-0.25, -0.2) is 0 Å². The SMILES string of the molecule is OCc1ccc(O[C@@H]2O[C@H](CO)[C@@H](O)[C@H](O)[C@@H]2O)cc1. The molecule has 0 amide bonds. The smallest absolute Gasteiger partial charge is 0.229 e. The fraction of sp³-hybridized carbons (Fsp3) is 0.538. The van der Waals surface area contributed by atoms with Crippen LogP contribution in [0.5, 0.6) is 5.75 Å². The van der Waals surface area contributed by atoms with Crippen LogP contribution < -0.4 is 4.74 Å². The Balaban J connectivity index is 2.06.